The second kappa shape index (κ2) is 8.04. The van der Waals surface area contributed by atoms with Gasteiger partial charge in [-0.25, -0.2) is 4.98 Å². The van der Waals surface area contributed by atoms with E-state index >= 15 is 0 Å². The molecule has 28 heavy (non-hydrogen) atoms. The van der Waals surface area contributed by atoms with Crippen molar-refractivity contribution in [3.05, 3.63) is 41.5 Å². The summed E-state index contributed by atoms with van der Waals surface area (Å²) in [6.45, 7) is 2.26. The highest BCUT2D eigenvalue weighted by Crippen LogP contribution is 2.26. The summed E-state index contributed by atoms with van der Waals surface area (Å²) in [7, 11) is 1.57. The van der Waals surface area contributed by atoms with Crippen LogP contribution >= 0.6 is 0 Å². The van der Waals surface area contributed by atoms with Crippen molar-refractivity contribution < 1.29 is 14.3 Å². The Balaban J connectivity index is 1.64. The van der Waals surface area contributed by atoms with Gasteiger partial charge in [-0.05, 0) is 50.7 Å². The molecule has 148 valence electrons. The van der Waals surface area contributed by atoms with E-state index < -0.39 is 0 Å². The van der Waals surface area contributed by atoms with E-state index in [9.17, 15) is 9.59 Å². The number of rotatable bonds is 4. The zero-order chi connectivity index (χ0) is 19.5. The molecule has 2 amide bonds. The zero-order valence-corrected chi connectivity index (χ0v) is 16.2. The van der Waals surface area contributed by atoms with Crippen LogP contribution in [0.3, 0.4) is 0 Å². The standard InChI is InChI=1S/C21H26N4O3/c1-28-17-11-4-3-9-15(17)22-20(26)19-23-18(16-10-5-8-14-25(16)19)21(27)24-12-6-2-7-13-24/h3-4,9,11H,2,5-8,10,12-14H2,1H3,(H,22,26). The van der Waals surface area contributed by atoms with Crippen LogP contribution in [0.1, 0.15) is 58.9 Å². The number of piperidine rings is 1. The Kier molecular flexibility index (Phi) is 5.32. The number of fused-ring (bicyclic) bond motifs is 1. The van der Waals surface area contributed by atoms with Crippen LogP contribution in [0, 0.1) is 0 Å². The van der Waals surface area contributed by atoms with Crippen LogP contribution < -0.4 is 10.1 Å². The molecular weight excluding hydrogens is 356 g/mol. The first-order valence-electron chi connectivity index (χ1n) is 10.0. The van der Waals surface area contributed by atoms with Crippen molar-refractivity contribution in [1.82, 2.24) is 14.5 Å². The molecule has 4 rings (SSSR count). The largest absolute Gasteiger partial charge is 0.495 e. The Hall–Kier alpha value is -2.83. The predicted molar refractivity (Wildman–Crippen MR) is 106 cm³/mol. The van der Waals surface area contributed by atoms with Crippen LogP contribution in [-0.2, 0) is 13.0 Å². The van der Waals surface area contributed by atoms with Gasteiger partial charge < -0.3 is 19.5 Å². The van der Waals surface area contributed by atoms with Gasteiger partial charge in [0.25, 0.3) is 11.8 Å². The van der Waals surface area contributed by atoms with Gasteiger partial charge in [-0.15, -0.1) is 0 Å². The number of amides is 2. The molecule has 2 aliphatic heterocycles. The molecule has 0 radical (unpaired) electrons. The van der Waals surface area contributed by atoms with E-state index in [1.807, 2.05) is 21.6 Å². The number of aromatic nitrogens is 2. The van der Waals surface area contributed by atoms with Crippen molar-refractivity contribution in [1.29, 1.82) is 0 Å². The second-order valence-electron chi connectivity index (χ2n) is 7.35. The van der Waals surface area contributed by atoms with Crippen LogP contribution in [0.15, 0.2) is 24.3 Å². The third-order valence-corrected chi connectivity index (χ3v) is 5.52. The molecule has 0 bridgehead atoms. The van der Waals surface area contributed by atoms with Gasteiger partial charge in [-0.3, -0.25) is 9.59 Å². The minimum Gasteiger partial charge on any atom is -0.495 e. The number of para-hydroxylation sites is 2. The van der Waals surface area contributed by atoms with Gasteiger partial charge in [-0.1, -0.05) is 12.1 Å². The van der Waals surface area contributed by atoms with Gasteiger partial charge in [-0.2, -0.15) is 0 Å². The van der Waals surface area contributed by atoms with Crippen LogP contribution in [-0.4, -0.2) is 46.5 Å². The smallest absolute Gasteiger partial charge is 0.291 e. The van der Waals surface area contributed by atoms with E-state index in [0.29, 0.717) is 29.5 Å². The maximum absolute atomic E-state index is 13.1. The minimum atomic E-state index is -0.314. The fourth-order valence-electron chi connectivity index (χ4n) is 4.06. The number of likely N-dealkylation sites (tertiary alicyclic amines) is 1. The average Bonchev–Trinajstić information content (AvgIpc) is 3.14. The van der Waals surface area contributed by atoms with Crippen molar-refractivity contribution in [3.8, 4) is 5.75 Å². The fourth-order valence-corrected chi connectivity index (χ4v) is 4.06. The summed E-state index contributed by atoms with van der Waals surface area (Å²) in [4.78, 5) is 32.5. The summed E-state index contributed by atoms with van der Waals surface area (Å²) < 4.78 is 7.24. The quantitative estimate of drug-likeness (QED) is 0.882. The lowest BCUT2D eigenvalue weighted by molar-refractivity contribution is 0.0717. The average molecular weight is 382 g/mol. The molecule has 0 saturated carbocycles. The summed E-state index contributed by atoms with van der Waals surface area (Å²) >= 11 is 0. The summed E-state index contributed by atoms with van der Waals surface area (Å²) in [5.41, 5.74) is 1.94. The number of benzene rings is 1. The highest BCUT2D eigenvalue weighted by atomic mass is 16.5. The lowest BCUT2D eigenvalue weighted by Gasteiger charge is -2.26. The van der Waals surface area contributed by atoms with Gasteiger partial charge in [0.15, 0.2) is 5.82 Å². The number of carbonyl (C=O) groups excluding carboxylic acids is 2. The fraction of sp³-hybridized carbons (Fsp3) is 0.476. The summed E-state index contributed by atoms with van der Waals surface area (Å²) in [6.07, 6.45) is 6.00. The lowest BCUT2D eigenvalue weighted by Crippen LogP contribution is -2.36. The third-order valence-electron chi connectivity index (χ3n) is 5.52. The summed E-state index contributed by atoms with van der Waals surface area (Å²) in [6, 6.07) is 7.27. The van der Waals surface area contributed by atoms with Crippen molar-refractivity contribution in [2.24, 2.45) is 0 Å². The van der Waals surface area contributed by atoms with Crippen molar-refractivity contribution in [3.63, 3.8) is 0 Å². The molecule has 1 aromatic carbocycles. The predicted octanol–water partition coefficient (Wildman–Crippen LogP) is 3.11. The zero-order valence-electron chi connectivity index (χ0n) is 16.2. The molecule has 1 aromatic heterocycles. The Morgan fingerprint density at radius 1 is 1.04 bits per heavy atom. The Morgan fingerprint density at radius 3 is 2.57 bits per heavy atom. The van der Waals surface area contributed by atoms with E-state index in [4.69, 9.17) is 4.74 Å². The maximum atomic E-state index is 13.1. The first-order chi connectivity index (χ1) is 13.7. The van der Waals surface area contributed by atoms with Gasteiger partial charge >= 0.3 is 0 Å². The molecule has 2 aliphatic rings. The van der Waals surface area contributed by atoms with Gasteiger partial charge in [0.2, 0.25) is 0 Å². The van der Waals surface area contributed by atoms with Crippen LogP contribution in [0.25, 0.3) is 0 Å². The number of ether oxygens (including phenoxy) is 1. The number of hydrogen-bond acceptors (Lipinski definition) is 4. The maximum Gasteiger partial charge on any atom is 0.291 e. The number of methoxy groups -OCH3 is 1. The molecule has 0 unspecified atom stereocenters. The third kappa shape index (κ3) is 3.48. The van der Waals surface area contributed by atoms with E-state index in [1.54, 1.807) is 19.2 Å². The topological polar surface area (TPSA) is 76.5 Å². The van der Waals surface area contributed by atoms with Crippen LogP contribution in [0.2, 0.25) is 0 Å². The number of anilines is 1. The second-order valence-corrected chi connectivity index (χ2v) is 7.35. The normalized spacial score (nSPS) is 16.4. The molecular formula is C21H26N4O3. The van der Waals surface area contributed by atoms with E-state index in [1.165, 1.54) is 0 Å². The van der Waals surface area contributed by atoms with Crippen LogP contribution in [0.4, 0.5) is 5.69 Å². The number of imidazole rings is 1. The van der Waals surface area contributed by atoms with E-state index in [2.05, 4.69) is 10.3 Å². The summed E-state index contributed by atoms with van der Waals surface area (Å²) in [5, 5.41) is 2.89. The molecule has 7 heteroatoms. The van der Waals surface area contributed by atoms with E-state index in [-0.39, 0.29) is 11.8 Å². The molecule has 1 N–H and O–H groups in total. The molecule has 1 saturated heterocycles. The van der Waals surface area contributed by atoms with Crippen molar-refractivity contribution in [2.75, 3.05) is 25.5 Å². The monoisotopic (exact) mass is 382 g/mol. The number of carbonyl (C=O) groups is 2. The van der Waals surface area contributed by atoms with Gasteiger partial charge in [0.05, 0.1) is 18.5 Å². The van der Waals surface area contributed by atoms with Gasteiger partial charge in [0.1, 0.15) is 11.4 Å². The highest BCUT2D eigenvalue weighted by molar-refractivity contribution is 6.04. The molecule has 0 spiro atoms. The Morgan fingerprint density at radius 2 is 1.79 bits per heavy atom. The Bertz CT molecular complexity index is 884. The number of hydrogen-bond donors (Lipinski definition) is 1. The molecule has 7 nitrogen and oxygen atoms in total. The number of nitrogens with one attached hydrogen (secondary N) is 1. The molecule has 3 heterocycles. The Labute approximate surface area is 164 Å². The first kappa shape index (κ1) is 18.5. The highest BCUT2D eigenvalue weighted by Gasteiger charge is 2.30. The van der Waals surface area contributed by atoms with Gasteiger partial charge in [0, 0.05) is 19.6 Å². The first-order valence-corrected chi connectivity index (χ1v) is 10.0. The summed E-state index contributed by atoms with van der Waals surface area (Å²) in [5.74, 6) is 0.541. The number of nitrogens with zero attached hydrogens (tertiary/aromatic N) is 3. The molecule has 2 aromatic rings. The SMILES string of the molecule is COc1ccccc1NC(=O)c1nc(C(=O)N2CCCCC2)c2n1CCCC2. The van der Waals surface area contributed by atoms with Crippen molar-refractivity contribution in [2.45, 2.75) is 45.1 Å². The van der Waals surface area contributed by atoms with Crippen molar-refractivity contribution >= 4 is 17.5 Å². The minimum absolute atomic E-state index is 0.0401. The molecule has 0 atom stereocenters. The molecule has 0 aliphatic carbocycles. The lowest BCUT2D eigenvalue weighted by atomic mass is 10.1. The molecule has 1 fully saturated rings. The van der Waals surface area contributed by atoms with Crippen LogP contribution in [0.5, 0.6) is 5.75 Å². The van der Waals surface area contributed by atoms with E-state index in [0.717, 1.165) is 57.3 Å².